The third-order valence-corrected chi connectivity index (χ3v) is 2.18. The highest BCUT2D eigenvalue weighted by molar-refractivity contribution is 6.29. The fourth-order valence-corrected chi connectivity index (χ4v) is 1.33. The second kappa shape index (κ2) is 5.54. The summed E-state index contributed by atoms with van der Waals surface area (Å²) in [7, 11) is 0. The van der Waals surface area contributed by atoms with Gasteiger partial charge >= 0.3 is 0 Å². The number of pyridine rings is 1. The number of rotatable bonds is 4. The minimum Gasteiger partial charge on any atom is -0.394 e. The number of nitrogens with zero attached hydrogens (tertiary/aromatic N) is 2. The molecule has 5 heteroatoms. The topological polar surface area (TPSA) is 68.9 Å². The molecule has 1 aromatic heterocycles. The minimum absolute atomic E-state index is 0.0204. The molecule has 2 N–H and O–H groups in total. The van der Waals surface area contributed by atoms with Crippen molar-refractivity contribution in [1.29, 1.82) is 5.26 Å². The largest absolute Gasteiger partial charge is 0.394 e. The normalized spacial score (nSPS) is 11.9. The third kappa shape index (κ3) is 3.39. The molecule has 80 valence electrons. The molecule has 0 saturated carbocycles. The zero-order valence-corrected chi connectivity index (χ0v) is 9.12. The first-order valence-electron chi connectivity index (χ1n) is 4.64. The van der Waals surface area contributed by atoms with Crippen LogP contribution < -0.4 is 5.32 Å². The molecule has 0 amide bonds. The zero-order chi connectivity index (χ0) is 11.3. The maximum absolute atomic E-state index is 8.99. The molecule has 15 heavy (non-hydrogen) atoms. The summed E-state index contributed by atoms with van der Waals surface area (Å²) < 4.78 is 0. The SMILES string of the molecule is CCC(CO)Nc1cc(C#N)cc(Cl)n1. The predicted octanol–water partition coefficient (Wildman–Crippen LogP) is 1.79. The van der Waals surface area contributed by atoms with E-state index in [0.29, 0.717) is 11.4 Å². The van der Waals surface area contributed by atoms with Crippen LogP contribution in [0.2, 0.25) is 5.15 Å². The van der Waals surface area contributed by atoms with Crippen molar-refractivity contribution < 1.29 is 5.11 Å². The van der Waals surface area contributed by atoms with Crippen molar-refractivity contribution in [2.45, 2.75) is 19.4 Å². The number of anilines is 1. The van der Waals surface area contributed by atoms with Crippen LogP contribution in [0, 0.1) is 11.3 Å². The van der Waals surface area contributed by atoms with Crippen molar-refractivity contribution in [3.05, 3.63) is 22.8 Å². The Morgan fingerprint density at radius 2 is 2.40 bits per heavy atom. The average Bonchev–Trinajstić information content (AvgIpc) is 2.25. The summed E-state index contributed by atoms with van der Waals surface area (Å²) in [6, 6.07) is 5.02. The average molecular weight is 226 g/mol. The maximum Gasteiger partial charge on any atom is 0.132 e. The molecule has 0 aromatic carbocycles. The van der Waals surface area contributed by atoms with E-state index in [9.17, 15) is 0 Å². The van der Waals surface area contributed by atoms with E-state index in [4.69, 9.17) is 22.0 Å². The van der Waals surface area contributed by atoms with E-state index in [2.05, 4.69) is 10.3 Å². The molecule has 0 aliphatic rings. The highest BCUT2D eigenvalue weighted by Gasteiger charge is 2.06. The van der Waals surface area contributed by atoms with E-state index in [1.807, 2.05) is 13.0 Å². The molecule has 0 saturated heterocycles. The van der Waals surface area contributed by atoms with Crippen LogP contribution in [-0.2, 0) is 0 Å². The Kier molecular flexibility index (Phi) is 4.35. The van der Waals surface area contributed by atoms with Gasteiger partial charge in [-0.05, 0) is 18.6 Å². The van der Waals surface area contributed by atoms with Crippen molar-refractivity contribution in [2.75, 3.05) is 11.9 Å². The van der Waals surface area contributed by atoms with Crippen LogP contribution in [-0.4, -0.2) is 22.7 Å². The number of aliphatic hydroxyl groups is 1. The second-order valence-electron chi connectivity index (χ2n) is 3.11. The molecule has 0 bridgehead atoms. The Morgan fingerprint density at radius 1 is 1.67 bits per heavy atom. The molecule has 1 atom stereocenters. The Labute approximate surface area is 93.5 Å². The van der Waals surface area contributed by atoms with E-state index >= 15 is 0 Å². The summed E-state index contributed by atoms with van der Waals surface area (Å²) in [5.74, 6) is 0.514. The maximum atomic E-state index is 8.99. The number of nitriles is 1. The van der Waals surface area contributed by atoms with Gasteiger partial charge in [-0.3, -0.25) is 0 Å². The first-order valence-corrected chi connectivity index (χ1v) is 5.02. The van der Waals surface area contributed by atoms with Gasteiger partial charge in [-0.15, -0.1) is 0 Å². The van der Waals surface area contributed by atoms with Gasteiger partial charge in [0.15, 0.2) is 0 Å². The Morgan fingerprint density at radius 3 is 2.93 bits per heavy atom. The van der Waals surface area contributed by atoms with E-state index in [-0.39, 0.29) is 17.8 Å². The standard InChI is InChI=1S/C10H12ClN3O/c1-2-8(6-15)13-10-4-7(5-12)3-9(11)14-10/h3-4,8,15H,2,6H2,1H3,(H,13,14). The molecule has 0 aliphatic heterocycles. The van der Waals surface area contributed by atoms with E-state index in [1.54, 1.807) is 6.07 Å². The van der Waals surface area contributed by atoms with Gasteiger partial charge in [-0.25, -0.2) is 4.98 Å². The Hall–Kier alpha value is -1.31. The summed E-state index contributed by atoms with van der Waals surface area (Å²) in [6.07, 6.45) is 0.770. The Bertz CT molecular complexity index is 371. The summed E-state index contributed by atoms with van der Waals surface area (Å²) >= 11 is 5.73. The lowest BCUT2D eigenvalue weighted by Crippen LogP contribution is -2.23. The minimum atomic E-state index is -0.0671. The highest BCUT2D eigenvalue weighted by Crippen LogP contribution is 2.14. The molecule has 1 aromatic rings. The van der Waals surface area contributed by atoms with Gasteiger partial charge in [0.2, 0.25) is 0 Å². The van der Waals surface area contributed by atoms with Crippen LogP contribution in [0.1, 0.15) is 18.9 Å². The third-order valence-electron chi connectivity index (χ3n) is 1.99. The van der Waals surface area contributed by atoms with Crippen LogP contribution in [0.15, 0.2) is 12.1 Å². The first-order chi connectivity index (χ1) is 7.19. The van der Waals surface area contributed by atoms with Crippen LogP contribution >= 0.6 is 11.6 Å². The summed E-state index contributed by atoms with van der Waals surface area (Å²) in [6.45, 7) is 1.97. The summed E-state index contributed by atoms with van der Waals surface area (Å²) in [5, 5.41) is 21.0. The molecular formula is C10H12ClN3O. The monoisotopic (exact) mass is 225 g/mol. The molecule has 0 fully saturated rings. The van der Waals surface area contributed by atoms with Crippen molar-refractivity contribution in [3.63, 3.8) is 0 Å². The van der Waals surface area contributed by atoms with Crippen LogP contribution in [0.4, 0.5) is 5.82 Å². The lowest BCUT2D eigenvalue weighted by molar-refractivity contribution is 0.271. The Balaban J connectivity index is 2.85. The fourth-order valence-electron chi connectivity index (χ4n) is 1.12. The van der Waals surface area contributed by atoms with Crippen LogP contribution in [0.3, 0.4) is 0 Å². The van der Waals surface area contributed by atoms with Crippen LogP contribution in [0.25, 0.3) is 0 Å². The smallest absolute Gasteiger partial charge is 0.132 e. The number of aromatic nitrogens is 1. The summed E-state index contributed by atoms with van der Waals surface area (Å²) in [4.78, 5) is 4.01. The number of hydrogen-bond donors (Lipinski definition) is 2. The first kappa shape index (κ1) is 11.8. The lowest BCUT2D eigenvalue weighted by atomic mass is 10.2. The summed E-state index contributed by atoms with van der Waals surface area (Å²) in [5.41, 5.74) is 0.449. The highest BCUT2D eigenvalue weighted by atomic mass is 35.5. The molecule has 4 nitrogen and oxygen atoms in total. The zero-order valence-electron chi connectivity index (χ0n) is 8.37. The number of aliphatic hydroxyl groups excluding tert-OH is 1. The van der Waals surface area contributed by atoms with Gasteiger partial charge in [0, 0.05) is 0 Å². The van der Waals surface area contributed by atoms with Gasteiger partial charge in [0.1, 0.15) is 11.0 Å². The van der Waals surface area contributed by atoms with Gasteiger partial charge in [0.25, 0.3) is 0 Å². The molecule has 1 unspecified atom stereocenters. The number of hydrogen-bond acceptors (Lipinski definition) is 4. The van der Waals surface area contributed by atoms with Crippen molar-refractivity contribution in [2.24, 2.45) is 0 Å². The molecule has 0 radical (unpaired) electrons. The van der Waals surface area contributed by atoms with Gasteiger partial charge < -0.3 is 10.4 Å². The fraction of sp³-hybridized carbons (Fsp3) is 0.400. The lowest BCUT2D eigenvalue weighted by Gasteiger charge is -2.14. The van der Waals surface area contributed by atoms with Crippen molar-refractivity contribution in [3.8, 4) is 6.07 Å². The van der Waals surface area contributed by atoms with Crippen molar-refractivity contribution in [1.82, 2.24) is 4.98 Å². The van der Waals surface area contributed by atoms with E-state index < -0.39 is 0 Å². The van der Waals surface area contributed by atoms with E-state index in [0.717, 1.165) is 6.42 Å². The van der Waals surface area contributed by atoms with Crippen LogP contribution in [0.5, 0.6) is 0 Å². The molecule has 1 rings (SSSR count). The van der Waals surface area contributed by atoms with E-state index in [1.165, 1.54) is 6.07 Å². The number of halogens is 1. The molecular weight excluding hydrogens is 214 g/mol. The second-order valence-corrected chi connectivity index (χ2v) is 3.49. The van der Waals surface area contributed by atoms with Crippen molar-refractivity contribution >= 4 is 17.4 Å². The predicted molar refractivity (Wildman–Crippen MR) is 58.7 cm³/mol. The molecule has 0 aliphatic carbocycles. The van der Waals surface area contributed by atoms with Gasteiger partial charge in [0.05, 0.1) is 24.3 Å². The van der Waals surface area contributed by atoms with Gasteiger partial charge in [-0.1, -0.05) is 18.5 Å². The quantitative estimate of drug-likeness (QED) is 0.767. The molecule has 1 heterocycles. The van der Waals surface area contributed by atoms with Gasteiger partial charge in [-0.2, -0.15) is 5.26 Å². The number of nitrogens with one attached hydrogen (secondary N) is 1. The molecule has 0 spiro atoms.